The Morgan fingerprint density at radius 2 is 2.00 bits per heavy atom. The minimum atomic E-state index is -0.423. The van der Waals surface area contributed by atoms with Gasteiger partial charge in [0.2, 0.25) is 0 Å². The summed E-state index contributed by atoms with van der Waals surface area (Å²) in [5, 5.41) is 3.28. The van der Waals surface area contributed by atoms with Gasteiger partial charge in [-0.3, -0.25) is 0 Å². The summed E-state index contributed by atoms with van der Waals surface area (Å²) in [4.78, 5) is 0. The lowest BCUT2D eigenvalue weighted by atomic mass is 10.2. The lowest BCUT2D eigenvalue weighted by molar-refractivity contribution is 0.242. The van der Waals surface area contributed by atoms with E-state index in [2.05, 4.69) is 5.32 Å². The third-order valence-corrected chi connectivity index (χ3v) is 2.99. The Labute approximate surface area is 123 Å². The van der Waals surface area contributed by atoms with Gasteiger partial charge in [0.1, 0.15) is 11.6 Å². The summed E-state index contributed by atoms with van der Waals surface area (Å²) in [6.07, 6.45) is 0.142. The van der Waals surface area contributed by atoms with Crippen molar-refractivity contribution in [2.45, 2.75) is 26.5 Å². The molecule has 0 bridgehead atoms. The zero-order chi connectivity index (χ0) is 14.5. The molecular weight excluding hydrogens is 277 g/mol. The fraction of sp³-hybridized carbons (Fsp3) is 0.250. The van der Waals surface area contributed by atoms with E-state index in [0.29, 0.717) is 12.2 Å². The summed E-state index contributed by atoms with van der Waals surface area (Å²) in [5.74, 6) is 0.412. The number of ether oxygens (including phenoxy) is 1. The Morgan fingerprint density at radius 3 is 2.70 bits per heavy atom. The Kier molecular flexibility index (Phi) is 4.85. The van der Waals surface area contributed by atoms with Crippen LogP contribution in [0.3, 0.4) is 0 Å². The van der Waals surface area contributed by atoms with Crippen molar-refractivity contribution in [2.24, 2.45) is 0 Å². The largest absolute Gasteiger partial charge is 0.491 e. The number of nitrogens with one attached hydrogen (secondary N) is 1. The van der Waals surface area contributed by atoms with Gasteiger partial charge < -0.3 is 10.1 Å². The fourth-order valence-corrected chi connectivity index (χ4v) is 1.93. The van der Waals surface area contributed by atoms with Crippen LogP contribution in [0.15, 0.2) is 42.5 Å². The predicted octanol–water partition coefficient (Wildman–Crippen LogP) is 4.88. The molecule has 0 amide bonds. The molecule has 0 aliphatic rings. The quantitative estimate of drug-likeness (QED) is 0.848. The third-order valence-electron chi connectivity index (χ3n) is 2.69. The summed E-state index contributed by atoms with van der Waals surface area (Å²) >= 11 is 5.65. The van der Waals surface area contributed by atoms with Crippen molar-refractivity contribution >= 4 is 17.3 Å². The molecule has 0 aliphatic carbocycles. The molecule has 2 nitrogen and oxygen atoms in total. The lowest BCUT2D eigenvalue weighted by Crippen LogP contribution is -2.06. The molecule has 2 aromatic rings. The van der Waals surface area contributed by atoms with Gasteiger partial charge in [0.15, 0.2) is 0 Å². The van der Waals surface area contributed by atoms with Crippen molar-refractivity contribution < 1.29 is 9.13 Å². The van der Waals surface area contributed by atoms with E-state index in [1.54, 1.807) is 6.07 Å². The van der Waals surface area contributed by atoms with Gasteiger partial charge in [-0.1, -0.05) is 23.7 Å². The first-order valence-corrected chi connectivity index (χ1v) is 6.87. The van der Waals surface area contributed by atoms with Crippen molar-refractivity contribution in [1.29, 1.82) is 0 Å². The van der Waals surface area contributed by atoms with Crippen molar-refractivity contribution in [3.05, 3.63) is 58.9 Å². The van der Waals surface area contributed by atoms with Crippen LogP contribution in [0.2, 0.25) is 5.02 Å². The molecule has 0 saturated carbocycles. The molecule has 1 N–H and O–H groups in total. The molecular formula is C16H17ClFNO. The Hall–Kier alpha value is -1.74. The predicted molar refractivity (Wildman–Crippen MR) is 80.9 cm³/mol. The molecule has 106 valence electrons. The molecule has 0 saturated heterocycles. The van der Waals surface area contributed by atoms with Gasteiger partial charge in [-0.25, -0.2) is 4.39 Å². The first kappa shape index (κ1) is 14.7. The Morgan fingerprint density at radius 1 is 1.20 bits per heavy atom. The maximum Gasteiger partial charge on any atom is 0.143 e. The molecule has 4 heteroatoms. The van der Waals surface area contributed by atoms with Crippen molar-refractivity contribution in [1.82, 2.24) is 0 Å². The van der Waals surface area contributed by atoms with Crippen LogP contribution in [0.5, 0.6) is 5.75 Å². The number of benzene rings is 2. The van der Waals surface area contributed by atoms with Gasteiger partial charge in [0.05, 0.1) is 11.1 Å². The van der Waals surface area contributed by atoms with Crippen LogP contribution in [0.4, 0.5) is 10.1 Å². The lowest BCUT2D eigenvalue weighted by Gasteiger charge is -2.12. The molecule has 0 aromatic heterocycles. The van der Waals surface area contributed by atoms with Gasteiger partial charge in [-0.05, 0) is 49.7 Å². The second kappa shape index (κ2) is 6.62. The van der Waals surface area contributed by atoms with Gasteiger partial charge in [-0.2, -0.15) is 0 Å². The van der Waals surface area contributed by atoms with E-state index in [1.807, 2.05) is 38.1 Å². The van der Waals surface area contributed by atoms with E-state index in [0.717, 1.165) is 11.3 Å². The molecule has 0 unspecified atom stereocenters. The Bertz CT molecular complexity index is 586. The highest BCUT2D eigenvalue weighted by molar-refractivity contribution is 6.30. The van der Waals surface area contributed by atoms with Crippen LogP contribution in [0.25, 0.3) is 0 Å². The monoisotopic (exact) mass is 293 g/mol. The molecule has 0 atom stereocenters. The normalized spacial score (nSPS) is 10.7. The van der Waals surface area contributed by atoms with Crippen molar-refractivity contribution in [3.8, 4) is 5.75 Å². The van der Waals surface area contributed by atoms with Crippen LogP contribution in [0.1, 0.15) is 19.4 Å². The molecule has 0 radical (unpaired) electrons. The summed E-state index contributed by atoms with van der Waals surface area (Å²) in [5.41, 5.74) is 1.76. The average molecular weight is 294 g/mol. The minimum absolute atomic E-state index is 0.128. The third kappa shape index (κ3) is 4.14. The van der Waals surface area contributed by atoms with E-state index in [9.17, 15) is 4.39 Å². The number of hydrogen-bond donors (Lipinski definition) is 1. The van der Waals surface area contributed by atoms with Gasteiger partial charge in [-0.15, -0.1) is 0 Å². The van der Waals surface area contributed by atoms with Crippen molar-refractivity contribution in [2.75, 3.05) is 5.32 Å². The highest BCUT2D eigenvalue weighted by Crippen LogP contribution is 2.20. The standard InChI is InChI=1S/C16H17ClFNO/c1-11(2)20-14-5-3-4-12(8-14)10-19-13-6-7-15(17)16(18)9-13/h3-9,11,19H,10H2,1-2H3. The van der Waals surface area contributed by atoms with Crippen molar-refractivity contribution in [3.63, 3.8) is 0 Å². The zero-order valence-corrected chi connectivity index (χ0v) is 12.2. The van der Waals surface area contributed by atoms with Gasteiger partial charge >= 0.3 is 0 Å². The highest BCUT2D eigenvalue weighted by Gasteiger charge is 2.02. The second-order valence-corrected chi connectivity index (χ2v) is 5.20. The fourth-order valence-electron chi connectivity index (χ4n) is 1.81. The number of anilines is 1. The van der Waals surface area contributed by atoms with Crippen LogP contribution in [-0.2, 0) is 6.54 Å². The molecule has 2 rings (SSSR count). The molecule has 0 heterocycles. The maximum absolute atomic E-state index is 13.3. The van der Waals surface area contributed by atoms with E-state index >= 15 is 0 Å². The molecule has 0 fully saturated rings. The minimum Gasteiger partial charge on any atom is -0.491 e. The number of halogens is 2. The topological polar surface area (TPSA) is 21.3 Å². The Balaban J connectivity index is 2.01. The molecule has 2 aromatic carbocycles. The first-order chi connectivity index (χ1) is 9.54. The second-order valence-electron chi connectivity index (χ2n) is 4.80. The summed E-state index contributed by atoms with van der Waals surface area (Å²) in [7, 11) is 0. The number of rotatable bonds is 5. The SMILES string of the molecule is CC(C)Oc1cccc(CNc2ccc(Cl)c(F)c2)c1. The van der Waals surface area contributed by atoms with Gasteiger partial charge in [0.25, 0.3) is 0 Å². The first-order valence-electron chi connectivity index (χ1n) is 6.49. The maximum atomic E-state index is 13.3. The van der Waals surface area contributed by atoms with Gasteiger partial charge in [0, 0.05) is 12.2 Å². The highest BCUT2D eigenvalue weighted by atomic mass is 35.5. The van der Waals surface area contributed by atoms with E-state index in [4.69, 9.17) is 16.3 Å². The van der Waals surface area contributed by atoms with E-state index < -0.39 is 5.82 Å². The van der Waals surface area contributed by atoms with Crippen LogP contribution in [0, 0.1) is 5.82 Å². The number of hydrogen-bond acceptors (Lipinski definition) is 2. The summed E-state index contributed by atoms with van der Waals surface area (Å²) in [6.45, 7) is 4.57. The molecule has 0 spiro atoms. The average Bonchev–Trinajstić information content (AvgIpc) is 2.40. The molecule has 20 heavy (non-hydrogen) atoms. The van der Waals surface area contributed by atoms with E-state index in [1.165, 1.54) is 12.1 Å². The summed E-state index contributed by atoms with van der Waals surface area (Å²) in [6, 6.07) is 12.5. The van der Waals surface area contributed by atoms with Crippen LogP contribution in [-0.4, -0.2) is 6.10 Å². The zero-order valence-electron chi connectivity index (χ0n) is 11.5. The van der Waals surface area contributed by atoms with E-state index in [-0.39, 0.29) is 11.1 Å². The van der Waals surface area contributed by atoms with Crippen LogP contribution < -0.4 is 10.1 Å². The molecule has 0 aliphatic heterocycles. The van der Waals surface area contributed by atoms with Crippen LogP contribution >= 0.6 is 11.6 Å². The smallest absolute Gasteiger partial charge is 0.143 e. The summed E-state index contributed by atoms with van der Waals surface area (Å²) < 4.78 is 19.0.